The van der Waals surface area contributed by atoms with Crippen molar-refractivity contribution >= 4 is 0 Å². The lowest BCUT2D eigenvalue weighted by atomic mass is 9.96. The Bertz CT molecular complexity index is 342. The second kappa shape index (κ2) is 5.31. The number of ether oxygens (including phenoxy) is 1. The van der Waals surface area contributed by atoms with Crippen LogP contribution >= 0.6 is 0 Å². The fraction of sp³-hybridized carbons (Fsp3) is 0.467. The van der Waals surface area contributed by atoms with Gasteiger partial charge < -0.3 is 4.74 Å². The third kappa shape index (κ3) is 3.21. The van der Waals surface area contributed by atoms with Gasteiger partial charge in [0, 0.05) is 0 Å². The molecule has 0 saturated carbocycles. The molecule has 0 N–H and O–H groups in total. The Labute approximate surface area is 98.1 Å². The van der Waals surface area contributed by atoms with Crippen LogP contribution in [0.1, 0.15) is 31.7 Å². The summed E-state index contributed by atoms with van der Waals surface area (Å²) in [6.45, 7) is 6.23. The lowest BCUT2D eigenvalue weighted by molar-refractivity contribution is -0.0244. The number of benzene rings is 1. The van der Waals surface area contributed by atoms with Crippen LogP contribution in [0.25, 0.3) is 0 Å². The maximum atomic E-state index is 5.92. The zero-order valence-corrected chi connectivity index (χ0v) is 9.99. The summed E-state index contributed by atoms with van der Waals surface area (Å²) in [4.78, 5) is 0. The van der Waals surface area contributed by atoms with Gasteiger partial charge in [0.2, 0.25) is 0 Å². The monoisotopic (exact) mass is 216 g/mol. The van der Waals surface area contributed by atoms with Crippen molar-refractivity contribution in [2.24, 2.45) is 0 Å². The standard InChI is InChI=1S/C15H20O/c1-12-10-13(2)16-15(11-12)9-8-14-6-4-3-5-7-14/h3-7,13,15H,1,8-11H2,2H3/t13-,15+/m1/s1. The number of hydrogen-bond donors (Lipinski definition) is 0. The van der Waals surface area contributed by atoms with E-state index in [2.05, 4.69) is 43.8 Å². The van der Waals surface area contributed by atoms with Crippen molar-refractivity contribution in [3.05, 3.63) is 48.0 Å². The molecule has 0 bridgehead atoms. The van der Waals surface area contributed by atoms with Crippen LogP contribution in [0.15, 0.2) is 42.5 Å². The Morgan fingerprint density at radius 1 is 1.25 bits per heavy atom. The molecule has 0 amide bonds. The minimum absolute atomic E-state index is 0.349. The van der Waals surface area contributed by atoms with Gasteiger partial charge in [0.1, 0.15) is 0 Å². The molecule has 0 spiro atoms. The summed E-state index contributed by atoms with van der Waals surface area (Å²) < 4.78 is 5.92. The van der Waals surface area contributed by atoms with Gasteiger partial charge in [0.05, 0.1) is 12.2 Å². The van der Waals surface area contributed by atoms with E-state index in [1.807, 2.05) is 0 Å². The number of aryl methyl sites for hydroxylation is 1. The van der Waals surface area contributed by atoms with Crippen LogP contribution in [-0.4, -0.2) is 12.2 Å². The molecule has 0 aromatic heterocycles. The molecular formula is C15H20O. The molecule has 1 nitrogen and oxygen atoms in total. The predicted octanol–water partition coefficient (Wildman–Crippen LogP) is 3.74. The van der Waals surface area contributed by atoms with E-state index < -0.39 is 0 Å². The summed E-state index contributed by atoms with van der Waals surface area (Å²) in [7, 11) is 0. The summed E-state index contributed by atoms with van der Waals surface area (Å²) in [5.41, 5.74) is 2.74. The fourth-order valence-corrected chi connectivity index (χ4v) is 2.38. The Kier molecular flexibility index (Phi) is 3.79. The van der Waals surface area contributed by atoms with Crippen molar-refractivity contribution < 1.29 is 4.74 Å². The Morgan fingerprint density at radius 3 is 2.69 bits per heavy atom. The number of rotatable bonds is 3. The third-order valence-corrected chi connectivity index (χ3v) is 3.12. The first-order valence-electron chi connectivity index (χ1n) is 6.10. The first kappa shape index (κ1) is 11.4. The Hall–Kier alpha value is -1.08. The molecule has 1 aliphatic rings. The minimum atomic E-state index is 0.349. The average Bonchev–Trinajstić information content (AvgIpc) is 2.27. The van der Waals surface area contributed by atoms with Crippen LogP contribution in [0.2, 0.25) is 0 Å². The van der Waals surface area contributed by atoms with Crippen LogP contribution in [0, 0.1) is 0 Å². The molecule has 1 aromatic rings. The summed E-state index contributed by atoms with van der Waals surface area (Å²) in [5, 5.41) is 0. The molecule has 2 rings (SSSR count). The molecule has 0 aliphatic carbocycles. The molecular weight excluding hydrogens is 196 g/mol. The topological polar surface area (TPSA) is 9.23 Å². The lowest BCUT2D eigenvalue weighted by Gasteiger charge is -2.29. The zero-order valence-electron chi connectivity index (χ0n) is 9.99. The second-order valence-electron chi connectivity index (χ2n) is 4.75. The average molecular weight is 216 g/mol. The molecule has 1 aliphatic heterocycles. The fourth-order valence-electron chi connectivity index (χ4n) is 2.38. The molecule has 1 fully saturated rings. The molecule has 0 unspecified atom stereocenters. The SMILES string of the molecule is C=C1C[C@H](CCc2ccccc2)O[C@H](C)C1. The lowest BCUT2D eigenvalue weighted by Crippen LogP contribution is -2.27. The predicted molar refractivity (Wildman–Crippen MR) is 67.5 cm³/mol. The van der Waals surface area contributed by atoms with E-state index in [9.17, 15) is 0 Å². The second-order valence-corrected chi connectivity index (χ2v) is 4.75. The summed E-state index contributed by atoms with van der Waals surface area (Å²) in [5.74, 6) is 0. The van der Waals surface area contributed by atoms with E-state index in [4.69, 9.17) is 4.74 Å². The van der Waals surface area contributed by atoms with Crippen molar-refractivity contribution in [1.82, 2.24) is 0 Å². The molecule has 1 aromatic carbocycles. The smallest absolute Gasteiger partial charge is 0.0619 e. The highest BCUT2D eigenvalue weighted by Gasteiger charge is 2.21. The van der Waals surface area contributed by atoms with Crippen LogP contribution in [-0.2, 0) is 11.2 Å². The molecule has 0 radical (unpaired) electrons. The summed E-state index contributed by atoms with van der Waals surface area (Å²) >= 11 is 0. The van der Waals surface area contributed by atoms with Gasteiger partial charge in [-0.1, -0.05) is 42.5 Å². The highest BCUT2D eigenvalue weighted by molar-refractivity contribution is 5.15. The summed E-state index contributed by atoms with van der Waals surface area (Å²) in [6, 6.07) is 10.6. The normalized spacial score (nSPS) is 25.7. The van der Waals surface area contributed by atoms with Crippen LogP contribution in [0.4, 0.5) is 0 Å². The zero-order chi connectivity index (χ0) is 11.4. The largest absolute Gasteiger partial charge is 0.375 e. The van der Waals surface area contributed by atoms with Crippen molar-refractivity contribution in [2.75, 3.05) is 0 Å². The van der Waals surface area contributed by atoms with Crippen LogP contribution in [0.3, 0.4) is 0 Å². The van der Waals surface area contributed by atoms with Crippen molar-refractivity contribution in [2.45, 2.75) is 44.8 Å². The highest BCUT2D eigenvalue weighted by atomic mass is 16.5. The first-order valence-corrected chi connectivity index (χ1v) is 6.10. The van der Waals surface area contributed by atoms with Crippen LogP contribution in [0.5, 0.6) is 0 Å². The Morgan fingerprint density at radius 2 is 2.00 bits per heavy atom. The molecule has 2 atom stereocenters. The van der Waals surface area contributed by atoms with Gasteiger partial charge in [-0.3, -0.25) is 0 Å². The quantitative estimate of drug-likeness (QED) is 0.699. The Balaban J connectivity index is 1.84. The number of hydrogen-bond acceptors (Lipinski definition) is 1. The maximum absolute atomic E-state index is 5.92. The molecule has 1 heterocycles. The van der Waals surface area contributed by atoms with E-state index in [0.29, 0.717) is 12.2 Å². The van der Waals surface area contributed by atoms with E-state index in [-0.39, 0.29) is 0 Å². The van der Waals surface area contributed by atoms with Crippen molar-refractivity contribution in [3.63, 3.8) is 0 Å². The van der Waals surface area contributed by atoms with Gasteiger partial charge in [-0.25, -0.2) is 0 Å². The summed E-state index contributed by atoms with van der Waals surface area (Å²) in [6.07, 6.45) is 5.00. The van der Waals surface area contributed by atoms with Crippen molar-refractivity contribution in [3.8, 4) is 0 Å². The molecule has 16 heavy (non-hydrogen) atoms. The van der Waals surface area contributed by atoms with Gasteiger partial charge in [-0.15, -0.1) is 0 Å². The highest BCUT2D eigenvalue weighted by Crippen LogP contribution is 2.25. The molecule has 1 saturated heterocycles. The van der Waals surface area contributed by atoms with E-state index >= 15 is 0 Å². The van der Waals surface area contributed by atoms with Gasteiger partial charge in [0.25, 0.3) is 0 Å². The van der Waals surface area contributed by atoms with Gasteiger partial charge in [-0.05, 0) is 38.2 Å². The maximum Gasteiger partial charge on any atom is 0.0619 e. The van der Waals surface area contributed by atoms with Gasteiger partial charge in [-0.2, -0.15) is 0 Å². The third-order valence-electron chi connectivity index (χ3n) is 3.12. The minimum Gasteiger partial charge on any atom is -0.375 e. The molecule has 1 heteroatoms. The van der Waals surface area contributed by atoms with Gasteiger partial charge >= 0.3 is 0 Å². The van der Waals surface area contributed by atoms with E-state index in [1.165, 1.54) is 11.1 Å². The van der Waals surface area contributed by atoms with Crippen LogP contribution < -0.4 is 0 Å². The first-order chi connectivity index (χ1) is 7.74. The van der Waals surface area contributed by atoms with Crippen molar-refractivity contribution in [1.29, 1.82) is 0 Å². The molecule has 86 valence electrons. The van der Waals surface area contributed by atoms with E-state index in [1.54, 1.807) is 0 Å². The van der Waals surface area contributed by atoms with E-state index in [0.717, 1.165) is 25.7 Å². The van der Waals surface area contributed by atoms with Gasteiger partial charge in [0.15, 0.2) is 0 Å².